The first-order chi connectivity index (χ1) is 15.5. The predicted molar refractivity (Wildman–Crippen MR) is 134 cm³/mol. The predicted octanol–water partition coefficient (Wildman–Crippen LogP) is 5.40. The number of aryl methyl sites for hydroxylation is 2. The number of nitrogens with zero attached hydrogens (tertiary/aromatic N) is 3. The van der Waals surface area contributed by atoms with Crippen LogP contribution < -0.4 is 10.9 Å². The molecule has 3 aromatic heterocycles. The van der Waals surface area contributed by atoms with E-state index in [2.05, 4.69) is 21.4 Å². The SMILES string of the molecule is Cc1cc(C)cc(-n2c(SCC(=O)Nc3nc4ccccc4s3)nc3ccsc3c2=O)c1. The topological polar surface area (TPSA) is 76.9 Å². The molecule has 0 aliphatic carbocycles. The first kappa shape index (κ1) is 20.9. The molecule has 0 aliphatic heterocycles. The Balaban J connectivity index is 1.45. The first-order valence-electron chi connectivity index (χ1n) is 9.85. The van der Waals surface area contributed by atoms with Gasteiger partial charge in [-0.3, -0.25) is 14.2 Å². The number of nitrogens with one attached hydrogen (secondary N) is 1. The van der Waals surface area contributed by atoms with Gasteiger partial charge in [0, 0.05) is 0 Å². The Labute approximate surface area is 196 Å². The maximum absolute atomic E-state index is 13.3. The highest BCUT2D eigenvalue weighted by molar-refractivity contribution is 7.99. The van der Waals surface area contributed by atoms with E-state index in [4.69, 9.17) is 0 Å². The average Bonchev–Trinajstić information content (AvgIpc) is 3.37. The molecule has 1 amide bonds. The lowest BCUT2D eigenvalue weighted by molar-refractivity contribution is -0.113. The third-order valence-electron chi connectivity index (χ3n) is 4.79. The number of rotatable bonds is 5. The van der Waals surface area contributed by atoms with Gasteiger partial charge in [-0.1, -0.05) is 41.3 Å². The molecule has 9 heteroatoms. The minimum Gasteiger partial charge on any atom is -0.301 e. The van der Waals surface area contributed by atoms with Crippen LogP contribution in [0.4, 0.5) is 5.13 Å². The number of aromatic nitrogens is 3. The maximum Gasteiger partial charge on any atom is 0.276 e. The van der Waals surface area contributed by atoms with Gasteiger partial charge in [0.2, 0.25) is 5.91 Å². The highest BCUT2D eigenvalue weighted by Crippen LogP contribution is 2.27. The quantitative estimate of drug-likeness (QED) is 0.270. The summed E-state index contributed by atoms with van der Waals surface area (Å²) in [6, 6.07) is 15.6. The molecule has 1 N–H and O–H groups in total. The van der Waals surface area contributed by atoms with E-state index in [1.54, 1.807) is 4.57 Å². The van der Waals surface area contributed by atoms with E-state index < -0.39 is 0 Å². The molecule has 160 valence electrons. The van der Waals surface area contributed by atoms with Gasteiger partial charge in [0.05, 0.1) is 27.2 Å². The third kappa shape index (κ3) is 4.06. The summed E-state index contributed by atoms with van der Waals surface area (Å²) >= 11 is 4.05. The third-order valence-corrected chi connectivity index (χ3v) is 7.57. The lowest BCUT2D eigenvalue weighted by Crippen LogP contribution is -2.22. The van der Waals surface area contributed by atoms with Crippen molar-refractivity contribution in [2.45, 2.75) is 19.0 Å². The van der Waals surface area contributed by atoms with Crippen LogP contribution in [0.25, 0.3) is 26.1 Å². The number of thiazole rings is 1. The van der Waals surface area contributed by atoms with E-state index in [1.165, 1.54) is 34.4 Å². The number of amides is 1. The van der Waals surface area contributed by atoms with Gasteiger partial charge in [-0.25, -0.2) is 9.97 Å². The molecule has 0 spiro atoms. The Morgan fingerprint density at radius 2 is 1.84 bits per heavy atom. The Bertz CT molecular complexity index is 1480. The van der Waals surface area contributed by atoms with Crippen molar-refractivity contribution in [3.05, 3.63) is 75.4 Å². The fourth-order valence-corrected chi connectivity index (χ4v) is 5.96. The first-order valence-corrected chi connectivity index (χ1v) is 12.5. The molecule has 0 bridgehead atoms. The molecule has 0 unspecified atom stereocenters. The number of thiophene rings is 1. The summed E-state index contributed by atoms with van der Waals surface area (Å²) in [5, 5.41) is 5.77. The van der Waals surface area contributed by atoms with Gasteiger partial charge in [0.1, 0.15) is 4.70 Å². The fraction of sp³-hybridized carbons (Fsp3) is 0.130. The number of carbonyl (C=O) groups is 1. The molecule has 0 radical (unpaired) electrons. The Kier molecular flexibility index (Phi) is 5.54. The summed E-state index contributed by atoms with van der Waals surface area (Å²) in [5.41, 5.74) is 4.25. The van der Waals surface area contributed by atoms with Gasteiger partial charge < -0.3 is 5.32 Å². The summed E-state index contributed by atoms with van der Waals surface area (Å²) in [6.45, 7) is 3.99. The van der Waals surface area contributed by atoms with Gasteiger partial charge in [-0.2, -0.15) is 0 Å². The fourth-order valence-electron chi connectivity index (χ4n) is 3.51. The summed E-state index contributed by atoms with van der Waals surface area (Å²) in [5.74, 6) is -0.0799. The number of thioether (sulfide) groups is 1. The van der Waals surface area contributed by atoms with E-state index in [0.717, 1.165) is 27.0 Å². The van der Waals surface area contributed by atoms with Crippen molar-refractivity contribution in [3.63, 3.8) is 0 Å². The highest BCUT2D eigenvalue weighted by Gasteiger charge is 2.17. The van der Waals surface area contributed by atoms with E-state index in [0.29, 0.717) is 20.5 Å². The molecule has 0 saturated heterocycles. The van der Waals surface area contributed by atoms with Gasteiger partial charge >= 0.3 is 0 Å². The van der Waals surface area contributed by atoms with Crippen LogP contribution in [0.5, 0.6) is 0 Å². The molecular formula is C23H18N4O2S3. The number of fused-ring (bicyclic) bond motifs is 2. The largest absolute Gasteiger partial charge is 0.301 e. The van der Waals surface area contributed by atoms with Crippen molar-refractivity contribution >= 4 is 65.9 Å². The number of para-hydroxylation sites is 1. The number of hydrogen-bond acceptors (Lipinski definition) is 7. The van der Waals surface area contributed by atoms with Crippen LogP contribution in [-0.2, 0) is 4.79 Å². The van der Waals surface area contributed by atoms with Crippen molar-refractivity contribution in [3.8, 4) is 5.69 Å². The Hall–Kier alpha value is -3.01. The second kappa shape index (κ2) is 8.50. The normalized spacial score (nSPS) is 11.3. The van der Waals surface area contributed by atoms with Gasteiger partial charge in [0.25, 0.3) is 5.56 Å². The van der Waals surface area contributed by atoms with Gasteiger partial charge in [-0.15, -0.1) is 11.3 Å². The smallest absolute Gasteiger partial charge is 0.276 e. The van der Waals surface area contributed by atoms with Crippen LogP contribution in [0.3, 0.4) is 0 Å². The molecule has 5 rings (SSSR count). The van der Waals surface area contributed by atoms with E-state index in [1.807, 2.05) is 61.7 Å². The zero-order valence-corrected chi connectivity index (χ0v) is 19.7. The minimum atomic E-state index is -0.194. The molecule has 32 heavy (non-hydrogen) atoms. The highest BCUT2D eigenvalue weighted by atomic mass is 32.2. The number of carbonyl (C=O) groups excluding carboxylic acids is 1. The van der Waals surface area contributed by atoms with Crippen molar-refractivity contribution in [2.24, 2.45) is 0 Å². The van der Waals surface area contributed by atoms with Crippen molar-refractivity contribution in [1.29, 1.82) is 0 Å². The maximum atomic E-state index is 13.3. The molecule has 0 fully saturated rings. The van der Waals surface area contributed by atoms with Crippen LogP contribution in [0.1, 0.15) is 11.1 Å². The van der Waals surface area contributed by atoms with Crippen LogP contribution >= 0.6 is 34.4 Å². The Morgan fingerprint density at radius 3 is 2.62 bits per heavy atom. The number of benzene rings is 2. The van der Waals surface area contributed by atoms with E-state index >= 15 is 0 Å². The zero-order valence-electron chi connectivity index (χ0n) is 17.3. The minimum absolute atomic E-state index is 0.114. The van der Waals surface area contributed by atoms with Gasteiger partial charge in [0.15, 0.2) is 10.3 Å². The molecule has 0 saturated carbocycles. The van der Waals surface area contributed by atoms with Crippen molar-refractivity contribution in [2.75, 3.05) is 11.1 Å². The molecule has 0 aliphatic rings. The second-order valence-corrected chi connectivity index (χ2v) is 10.2. The number of anilines is 1. The molecule has 5 aromatic rings. The molecule has 3 heterocycles. The zero-order chi connectivity index (χ0) is 22.2. The summed E-state index contributed by atoms with van der Waals surface area (Å²) in [4.78, 5) is 35.1. The Morgan fingerprint density at radius 1 is 1.06 bits per heavy atom. The average molecular weight is 479 g/mol. The number of hydrogen-bond donors (Lipinski definition) is 1. The molecule has 0 atom stereocenters. The van der Waals surface area contributed by atoms with Crippen molar-refractivity contribution < 1.29 is 4.79 Å². The van der Waals surface area contributed by atoms with Crippen LogP contribution in [0.2, 0.25) is 0 Å². The van der Waals surface area contributed by atoms with E-state index in [-0.39, 0.29) is 17.2 Å². The second-order valence-electron chi connectivity index (χ2n) is 7.34. The molecule has 2 aromatic carbocycles. The standard InChI is InChI=1S/C23H18N4O2S3/c1-13-9-14(2)11-15(10-13)27-21(29)20-17(7-8-30-20)25-23(27)31-12-19(28)26-22-24-16-5-3-4-6-18(16)32-22/h3-11H,12H2,1-2H3,(H,24,26,28). The molecule has 6 nitrogen and oxygen atoms in total. The van der Waals surface area contributed by atoms with E-state index in [9.17, 15) is 9.59 Å². The summed E-state index contributed by atoms with van der Waals surface area (Å²) in [6.07, 6.45) is 0. The van der Waals surface area contributed by atoms with Crippen LogP contribution in [0.15, 0.2) is 63.9 Å². The summed E-state index contributed by atoms with van der Waals surface area (Å²) < 4.78 is 3.23. The summed E-state index contributed by atoms with van der Waals surface area (Å²) in [7, 11) is 0. The monoisotopic (exact) mass is 478 g/mol. The molecular weight excluding hydrogens is 460 g/mol. The van der Waals surface area contributed by atoms with Crippen LogP contribution in [0, 0.1) is 13.8 Å². The van der Waals surface area contributed by atoms with Crippen LogP contribution in [-0.4, -0.2) is 26.2 Å². The lowest BCUT2D eigenvalue weighted by Gasteiger charge is -2.13. The van der Waals surface area contributed by atoms with Gasteiger partial charge in [-0.05, 0) is 60.7 Å². The van der Waals surface area contributed by atoms with Crippen molar-refractivity contribution in [1.82, 2.24) is 14.5 Å². The lowest BCUT2D eigenvalue weighted by atomic mass is 10.1.